The number of nitrogens with one attached hydrogen (secondary N) is 4. The van der Waals surface area contributed by atoms with Crippen LogP contribution in [0.5, 0.6) is 0 Å². The van der Waals surface area contributed by atoms with Crippen LogP contribution in [0.1, 0.15) is 37.3 Å². The zero-order chi connectivity index (χ0) is 30.5. The molecule has 2 aromatic rings. The number of methoxy groups -OCH3 is 1. The number of likely N-dealkylation sites (N-methyl/N-ethyl adjacent to an activating group) is 2. The van der Waals surface area contributed by atoms with E-state index in [9.17, 15) is 9.59 Å². The van der Waals surface area contributed by atoms with Gasteiger partial charge >= 0.3 is 0 Å². The highest BCUT2D eigenvalue weighted by Gasteiger charge is 2.32. The van der Waals surface area contributed by atoms with Gasteiger partial charge in [-0.15, -0.1) is 0 Å². The average molecular weight is 573 g/mol. The first-order chi connectivity index (χ1) is 20.2. The maximum absolute atomic E-state index is 12.9. The van der Waals surface area contributed by atoms with Gasteiger partial charge in [0.25, 0.3) is 0 Å². The second-order valence-electron chi connectivity index (χ2n) is 10.4. The van der Waals surface area contributed by atoms with Crippen LogP contribution >= 0.6 is 0 Å². The summed E-state index contributed by atoms with van der Waals surface area (Å²) in [5, 5.41) is 21.2. The van der Waals surface area contributed by atoms with Gasteiger partial charge in [-0.3, -0.25) is 9.59 Å². The number of nitriles is 1. The van der Waals surface area contributed by atoms with Crippen LogP contribution in [0, 0.1) is 35.0 Å². The Balaban J connectivity index is 1.62. The second kappa shape index (κ2) is 16.1. The van der Waals surface area contributed by atoms with Crippen molar-refractivity contribution in [1.82, 2.24) is 25.5 Å². The molecule has 1 atom stereocenters. The van der Waals surface area contributed by atoms with Gasteiger partial charge in [0.15, 0.2) is 0 Å². The summed E-state index contributed by atoms with van der Waals surface area (Å²) < 4.78 is 5.15. The van der Waals surface area contributed by atoms with Crippen LogP contribution in [0.3, 0.4) is 0 Å². The number of carbonyl (C=O) groups excluding carboxylic acids is 2. The molecule has 1 fully saturated rings. The first-order valence-electron chi connectivity index (χ1n) is 14.0. The lowest BCUT2D eigenvalue weighted by Gasteiger charge is -2.33. The molecule has 1 aliphatic carbocycles. The van der Waals surface area contributed by atoms with Crippen molar-refractivity contribution in [3.63, 3.8) is 0 Å². The van der Waals surface area contributed by atoms with Crippen LogP contribution in [-0.2, 0) is 14.3 Å². The number of hydrogen-bond acceptors (Lipinski definition) is 9. The number of rotatable bonds is 13. The summed E-state index contributed by atoms with van der Waals surface area (Å²) in [5.74, 6) is 6.70. The lowest BCUT2D eigenvalue weighted by molar-refractivity contribution is -0.127. The third kappa shape index (κ3) is 9.58. The van der Waals surface area contributed by atoms with Crippen LogP contribution in [0.25, 0.3) is 0 Å². The molecule has 1 heterocycles. The topological polar surface area (TPSA) is 144 Å². The monoisotopic (exact) mass is 572 g/mol. The third-order valence-corrected chi connectivity index (χ3v) is 6.80. The van der Waals surface area contributed by atoms with E-state index in [4.69, 9.17) is 10.00 Å². The van der Waals surface area contributed by atoms with Gasteiger partial charge in [-0.25, -0.2) is 4.98 Å². The van der Waals surface area contributed by atoms with Gasteiger partial charge in [0.1, 0.15) is 5.82 Å². The highest BCUT2D eigenvalue weighted by molar-refractivity contribution is 5.99. The van der Waals surface area contributed by atoms with E-state index in [-0.39, 0.29) is 23.8 Å². The molecular weight excluding hydrogens is 532 g/mol. The third-order valence-electron chi connectivity index (χ3n) is 6.80. The predicted octanol–water partition coefficient (Wildman–Crippen LogP) is 2.66. The standard InChI is InChI=1S/C31H40N8O3/c1-21(27(30(41)33-2)13-15-39(3)4)29(40)36-26-17-23(18-26)7-10-24-20-35-31(38-28(24)34-14-6-16-42-5)37-25-11-8-22(19-32)9-12-25/h8-9,11-13,20-21,23,26H,6,14-18H2,1-5H3,(H,33,41)(H,36,40)(H2,34,35,37,38)/b27-13-/t21-,23?,26?/m0/s1. The van der Waals surface area contributed by atoms with Crippen molar-refractivity contribution in [3.05, 3.63) is 53.2 Å². The molecule has 42 heavy (non-hydrogen) atoms. The van der Waals surface area contributed by atoms with Gasteiger partial charge in [0.2, 0.25) is 17.8 Å². The molecule has 1 aromatic carbocycles. The SMILES string of the molecule is CNC(=O)/C(=C\CN(C)C)[C@H](C)C(=O)NC1CC(C#Cc2cnc(Nc3ccc(C#N)cc3)nc2NCCCOC)C1. The molecule has 0 spiro atoms. The molecule has 11 nitrogen and oxygen atoms in total. The van der Waals surface area contributed by atoms with Crippen LogP contribution in [-0.4, -0.2) is 80.7 Å². The maximum Gasteiger partial charge on any atom is 0.247 e. The minimum atomic E-state index is -0.560. The summed E-state index contributed by atoms with van der Waals surface area (Å²) in [6.07, 6.45) is 5.76. The zero-order valence-electron chi connectivity index (χ0n) is 25.0. The summed E-state index contributed by atoms with van der Waals surface area (Å²) in [5.41, 5.74) is 2.48. The first kappa shape index (κ1) is 32.1. The lowest BCUT2D eigenvalue weighted by atomic mass is 9.80. The molecule has 1 aromatic heterocycles. The van der Waals surface area contributed by atoms with Gasteiger partial charge in [0, 0.05) is 57.1 Å². The van der Waals surface area contributed by atoms with E-state index in [0.29, 0.717) is 48.2 Å². The fourth-order valence-corrected chi connectivity index (χ4v) is 4.24. The lowest BCUT2D eigenvalue weighted by Crippen LogP contribution is -2.46. The molecule has 0 bridgehead atoms. The molecule has 1 saturated carbocycles. The van der Waals surface area contributed by atoms with Crippen molar-refractivity contribution in [2.24, 2.45) is 11.8 Å². The number of anilines is 3. The Bertz CT molecular complexity index is 1350. The Morgan fingerprint density at radius 3 is 2.62 bits per heavy atom. The zero-order valence-corrected chi connectivity index (χ0v) is 25.0. The Kier molecular flexibility index (Phi) is 12.3. The Morgan fingerprint density at radius 2 is 1.98 bits per heavy atom. The highest BCUT2D eigenvalue weighted by Crippen LogP contribution is 2.28. The number of ether oxygens (including phenoxy) is 1. The van der Waals surface area contributed by atoms with Gasteiger partial charge < -0.3 is 30.9 Å². The van der Waals surface area contributed by atoms with Crippen molar-refractivity contribution in [2.45, 2.75) is 32.2 Å². The van der Waals surface area contributed by atoms with Crippen LogP contribution in [0.4, 0.5) is 17.5 Å². The van der Waals surface area contributed by atoms with Gasteiger partial charge in [-0.1, -0.05) is 17.9 Å². The minimum Gasteiger partial charge on any atom is -0.385 e. The molecule has 2 amide bonds. The normalized spacial score (nSPS) is 16.7. The summed E-state index contributed by atoms with van der Waals surface area (Å²) in [7, 11) is 7.05. The van der Waals surface area contributed by atoms with Crippen molar-refractivity contribution < 1.29 is 14.3 Å². The summed E-state index contributed by atoms with van der Waals surface area (Å²) >= 11 is 0. The molecule has 3 rings (SSSR count). The molecule has 0 aliphatic heterocycles. The quantitative estimate of drug-likeness (QED) is 0.162. The van der Waals surface area contributed by atoms with Crippen molar-refractivity contribution >= 4 is 29.3 Å². The van der Waals surface area contributed by atoms with Crippen LogP contribution in [0.2, 0.25) is 0 Å². The summed E-state index contributed by atoms with van der Waals surface area (Å²) in [6, 6.07) is 9.17. The first-order valence-corrected chi connectivity index (χ1v) is 14.0. The number of nitrogens with zero attached hydrogens (tertiary/aromatic N) is 4. The Hall–Kier alpha value is -4.45. The molecule has 0 unspecified atom stereocenters. The second-order valence-corrected chi connectivity index (χ2v) is 10.4. The Labute approximate surface area is 248 Å². The van der Waals surface area contributed by atoms with Crippen molar-refractivity contribution in [3.8, 4) is 17.9 Å². The summed E-state index contributed by atoms with van der Waals surface area (Å²) in [6.45, 7) is 3.61. The molecule has 11 heteroatoms. The largest absolute Gasteiger partial charge is 0.385 e. The fraction of sp³-hybridized carbons (Fsp3) is 0.452. The van der Waals surface area contributed by atoms with E-state index in [1.165, 1.54) is 0 Å². The van der Waals surface area contributed by atoms with Gasteiger partial charge in [-0.05, 0) is 64.5 Å². The van der Waals surface area contributed by atoms with E-state index in [0.717, 1.165) is 24.9 Å². The highest BCUT2D eigenvalue weighted by atomic mass is 16.5. The molecule has 0 saturated heterocycles. The molecule has 1 aliphatic rings. The number of carbonyl (C=O) groups is 2. The predicted molar refractivity (Wildman–Crippen MR) is 163 cm³/mol. The fourth-order valence-electron chi connectivity index (χ4n) is 4.24. The number of hydrogen-bond donors (Lipinski definition) is 4. The Morgan fingerprint density at radius 1 is 1.24 bits per heavy atom. The minimum absolute atomic E-state index is 0.0147. The molecular formula is C31H40N8O3. The summed E-state index contributed by atoms with van der Waals surface area (Å²) in [4.78, 5) is 36.2. The van der Waals surface area contributed by atoms with Crippen molar-refractivity contribution in [2.75, 3.05) is 58.6 Å². The van der Waals surface area contributed by atoms with Crippen molar-refractivity contribution in [1.29, 1.82) is 5.26 Å². The average Bonchev–Trinajstić information content (AvgIpc) is 2.97. The molecule has 222 valence electrons. The van der Waals surface area contributed by atoms with Crippen LogP contribution in [0.15, 0.2) is 42.1 Å². The van der Waals surface area contributed by atoms with Gasteiger partial charge in [-0.2, -0.15) is 10.2 Å². The number of benzene rings is 1. The smallest absolute Gasteiger partial charge is 0.247 e. The van der Waals surface area contributed by atoms with E-state index >= 15 is 0 Å². The van der Waals surface area contributed by atoms with E-state index in [2.05, 4.69) is 49.1 Å². The van der Waals surface area contributed by atoms with E-state index < -0.39 is 5.92 Å². The van der Waals surface area contributed by atoms with E-state index in [1.807, 2.05) is 19.0 Å². The van der Waals surface area contributed by atoms with E-state index in [1.54, 1.807) is 57.6 Å². The van der Waals surface area contributed by atoms with Gasteiger partial charge in [0.05, 0.1) is 29.3 Å². The molecule has 0 radical (unpaired) electrons. The van der Waals surface area contributed by atoms with Crippen LogP contribution < -0.4 is 21.3 Å². The molecule has 4 N–H and O–H groups in total. The number of aromatic nitrogens is 2. The maximum atomic E-state index is 12.9. The number of amides is 2.